The zero-order chi connectivity index (χ0) is 14.7. The van der Waals surface area contributed by atoms with Crippen LogP contribution in [0.4, 0.5) is 0 Å². The Bertz CT molecular complexity index is 576. The molecular weight excluding hydrogens is 262 g/mol. The molecule has 0 radical (unpaired) electrons. The third kappa shape index (κ3) is 3.32. The molecular formula is C17H23N3O. The summed E-state index contributed by atoms with van der Waals surface area (Å²) in [5.74, 6) is 1.95. The Labute approximate surface area is 126 Å². The number of aromatic nitrogens is 2. The van der Waals surface area contributed by atoms with Gasteiger partial charge < -0.3 is 9.84 Å². The van der Waals surface area contributed by atoms with E-state index in [1.165, 1.54) is 30.4 Å². The van der Waals surface area contributed by atoms with Crippen molar-refractivity contribution >= 4 is 0 Å². The molecule has 0 spiro atoms. The van der Waals surface area contributed by atoms with Crippen LogP contribution in [0, 0.1) is 6.92 Å². The standard InChI is InChI=1S/C17H23N3O/c1-12-7-9-13(10-8-12)11-16-19-17(21-20-16)14-5-3-4-6-15(14)18-2/h7-10,14-15,18H,3-6,11H2,1-2H3. The molecule has 1 fully saturated rings. The molecule has 1 heterocycles. The zero-order valence-electron chi connectivity index (χ0n) is 12.8. The predicted molar refractivity (Wildman–Crippen MR) is 82.3 cm³/mol. The monoisotopic (exact) mass is 285 g/mol. The minimum absolute atomic E-state index is 0.364. The molecule has 4 nitrogen and oxygen atoms in total. The Morgan fingerprint density at radius 2 is 1.95 bits per heavy atom. The molecule has 2 atom stereocenters. The van der Waals surface area contributed by atoms with Crippen molar-refractivity contribution in [1.29, 1.82) is 0 Å². The van der Waals surface area contributed by atoms with E-state index in [9.17, 15) is 0 Å². The van der Waals surface area contributed by atoms with Gasteiger partial charge in [0.15, 0.2) is 5.82 Å². The normalized spacial score (nSPS) is 22.4. The van der Waals surface area contributed by atoms with Crippen LogP contribution in [0.2, 0.25) is 0 Å². The first-order chi connectivity index (χ1) is 10.3. The molecule has 0 aliphatic heterocycles. The molecule has 3 rings (SSSR count). The molecule has 1 N–H and O–H groups in total. The lowest BCUT2D eigenvalue weighted by atomic mass is 9.84. The SMILES string of the molecule is CNC1CCCCC1c1nc(Cc2ccc(C)cc2)no1. The van der Waals surface area contributed by atoms with Crippen molar-refractivity contribution in [3.05, 3.63) is 47.1 Å². The molecule has 1 aliphatic carbocycles. The zero-order valence-corrected chi connectivity index (χ0v) is 12.8. The number of nitrogens with zero attached hydrogens (tertiary/aromatic N) is 2. The summed E-state index contributed by atoms with van der Waals surface area (Å²) in [6.45, 7) is 2.09. The molecule has 1 saturated carbocycles. The first kappa shape index (κ1) is 14.3. The van der Waals surface area contributed by atoms with Gasteiger partial charge in [0.2, 0.25) is 5.89 Å². The Kier molecular flexibility index (Phi) is 4.34. The summed E-state index contributed by atoms with van der Waals surface area (Å²) < 4.78 is 5.53. The van der Waals surface area contributed by atoms with Crippen LogP contribution in [0.1, 0.15) is 54.4 Å². The van der Waals surface area contributed by atoms with Crippen LogP contribution >= 0.6 is 0 Å². The maximum absolute atomic E-state index is 5.53. The molecule has 4 heteroatoms. The molecule has 2 unspecified atom stereocenters. The third-order valence-corrected chi connectivity index (χ3v) is 4.42. The van der Waals surface area contributed by atoms with Gasteiger partial charge in [0.1, 0.15) is 0 Å². The second-order valence-corrected chi connectivity index (χ2v) is 6.00. The molecule has 0 saturated heterocycles. The Morgan fingerprint density at radius 3 is 2.71 bits per heavy atom. The maximum Gasteiger partial charge on any atom is 0.231 e. The van der Waals surface area contributed by atoms with Crippen LogP contribution < -0.4 is 5.32 Å². The number of benzene rings is 1. The van der Waals surface area contributed by atoms with Gasteiger partial charge in [-0.1, -0.05) is 47.8 Å². The van der Waals surface area contributed by atoms with Gasteiger partial charge >= 0.3 is 0 Å². The van der Waals surface area contributed by atoms with Crippen LogP contribution in [0.5, 0.6) is 0 Å². The number of likely N-dealkylation sites (N-methyl/N-ethyl adjacent to an activating group) is 1. The molecule has 0 amide bonds. The van der Waals surface area contributed by atoms with Gasteiger partial charge in [-0.3, -0.25) is 0 Å². The average Bonchev–Trinajstić information content (AvgIpc) is 2.98. The quantitative estimate of drug-likeness (QED) is 0.937. The van der Waals surface area contributed by atoms with Gasteiger partial charge in [-0.15, -0.1) is 0 Å². The maximum atomic E-state index is 5.53. The lowest BCUT2D eigenvalue weighted by Crippen LogP contribution is -2.34. The fourth-order valence-corrected chi connectivity index (χ4v) is 3.15. The average molecular weight is 285 g/mol. The topological polar surface area (TPSA) is 51.0 Å². The molecule has 1 aromatic heterocycles. The second kappa shape index (κ2) is 6.39. The number of rotatable bonds is 4. The van der Waals surface area contributed by atoms with E-state index in [0.717, 1.165) is 24.6 Å². The first-order valence-electron chi connectivity index (χ1n) is 7.81. The summed E-state index contributed by atoms with van der Waals surface area (Å²) in [5.41, 5.74) is 2.49. The number of hydrogen-bond acceptors (Lipinski definition) is 4. The van der Waals surface area contributed by atoms with Crippen molar-refractivity contribution in [3.63, 3.8) is 0 Å². The minimum atomic E-state index is 0.364. The second-order valence-electron chi connectivity index (χ2n) is 6.00. The van der Waals surface area contributed by atoms with E-state index in [4.69, 9.17) is 4.52 Å². The Hall–Kier alpha value is -1.68. The molecule has 2 aromatic rings. The van der Waals surface area contributed by atoms with Crippen molar-refractivity contribution in [3.8, 4) is 0 Å². The van der Waals surface area contributed by atoms with Crippen LogP contribution in [-0.4, -0.2) is 23.2 Å². The van der Waals surface area contributed by atoms with Crippen LogP contribution in [0.15, 0.2) is 28.8 Å². The van der Waals surface area contributed by atoms with Crippen LogP contribution in [0.25, 0.3) is 0 Å². The highest BCUT2D eigenvalue weighted by atomic mass is 16.5. The van der Waals surface area contributed by atoms with Gasteiger partial charge in [-0.05, 0) is 32.4 Å². The predicted octanol–water partition coefficient (Wildman–Crippen LogP) is 3.21. The smallest absolute Gasteiger partial charge is 0.231 e. The van der Waals surface area contributed by atoms with E-state index in [2.05, 4.69) is 46.6 Å². The Morgan fingerprint density at radius 1 is 1.19 bits per heavy atom. The molecule has 21 heavy (non-hydrogen) atoms. The van der Waals surface area contributed by atoms with Crippen molar-refractivity contribution in [1.82, 2.24) is 15.5 Å². The fourth-order valence-electron chi connectivity index (χ4n) is 3.15. The largest absolute Gasteiger partial charge is 0.339 e. The van der Waals surface area contributed by atoms with Crippen molar-refractivity contribution in [2.75, 3.05) is 7.05 Å². The van der Waals surface area contributed by atoms with E-state index < -0.39 is 0 Å². The third-order valence-electron chi connectivity index (χ3n) is 4.42. The fraction of sp³-hybridized carbons (Fsp3) is 0.529. The molecule has 1 aromatic carbocycles. The van der Waals surface area contributed by atoms with Crippen molar-refractivity contribution in [2.45, 2.75) is 51.0 Å². The highest BCUT2D eigenvalue weighted by molar-refractivity contribution is 5.23. The van der Waals surface area contributed by atoms with E-state index in [0.29, 0.717) is 12.0 Å². The molecule has 0 bridgehead atoms. The summed E-state index contributed by atoms with van der Waals surface area (Å²) in [4.78, 5) is 4.63. The highest BCUT2D eigenvalue weighted by Crippen LogP contribution is 2.32. The van der Waals surface area contributed by atoms with Gasteiger partial charge in [0, 0.05) is 12.5 Å². The van der Waals surface area contributed by atoms with Gasteiger partial charge in [-0.25, -0.2) is 0 Å². The number of hydrogen-bond donors (Lipinski definition) is 1. The lowest BCUT2D eigenvalue weighted by Gasteiger charge is -2.28. The highest BCUT2D eigenvalue weighted by Gasteiger charge is 2.29. The van der Waals surface area contributed by atoms with Crippen molar-refractivity contribution in [2.24, 2.45) is 0 Å². The minimum Gasteiger partial charge on any atom is -0.339 e. The summed E-state index contributed by atoms with van der Waals surface area (Å²) in [7, 11) is 2.02. The molecule has 112 valence electrons. The van der Waals surface area contributed by atoms with Crippen LogP contribution in [0.3, 0.4) is 0 Å². The summed E-state index contributed by atoms with van der Waals surface area (Å²) in [6.07, 6.45) is 5.60. The first-order valence-corrected chi connectivity index (χ1v) is 7.81. The van der Waals surface area contributed by atoms with Crippen molar-refractivity contribution < 1.29 is 4.52 Å². The van der Waals surface area contributed by atoms with Gasteiger partial charge in [0.25, 0.3) is 0 Å². The lowest BCUT2D eigenvalue weighted by molar-refractivity contribution is 0.269. The van der Waals surface area contributed by atoms with E-state index in [-0.39, 0.29) is 0 Å². The van der Waals surface area contributed by atoms with E-state index in [1.54, 1.807) is 0 Å². The van der Waals surface area contributed by atoms with Gasteiger partial charge in [0.05, 0.1) is 5.92 Å². The number of aryl methyl sites for hydroxylation is 1. The number of nitrogens with one attached hydrogen (secondary N) is 1. The van der Waals surface area contributed by atoms with E-state index in [1.807, 2.05) is 7.05 Å². The van der Waals surface area contributed by atoms with E-state index >= 15 is 0 Å². The summed E-state index contributed by atoms with van der Waals surface area (Å²) >= 11 is 0. The Balaban J connectivity index is 1.72. The molecule has 1 aliphatic rings. The van der Waals surface area contributed by atoms with Gasteiger partial charge in [-0.2, -0.15) is 4.98 Å². The summed E-state index contributed by atoms with van der Waals surface area (Å²) in [5, 5.41) is 7.55. The summed E-state index contributed by atoms with van der Waals surface area (Å²) in [6, 6.07) is 8.96. The van der Waals surface area contributed by atoms with Crippen LogP contribution in [-0.2, 0) is 6.42 Å².